The number of methoxy groups -OCH3 is 1. The Morgan fingerprint density at radius 2 is 2.24 bits per heavy atom. The summed E-state index contributed by atoms with van der Waals surface area (Å²) in [6.07, 6.45) is 2.65. The van der Waals surface area contributed by atoms with E-state index in [1.807, 2.05) is 6.07 Å². The van der Waals surface area contributed by atoms with Crippen molar-refractivity contribution in [3.8, 4) is 0 Å². The Morgan fingerprint density at radius 3 is 2.94 bits per heavy atom. The van der Waals surface area contributed by atoms with Crippen LogP contribution in [0, 0.1) is 0 Å². The van der Waals surface area contributed by atoms with Gasteiger partial charge in [0.25, 0.3) is 0 Å². The summed E-state index contributed by atoms with van der Waals surface area (Å²) in [5, 5.41) is 0. The fourth-order valence-corrected chi connectivity index (χ4v) is 3.03. The van der Waals surface area contributed by atoms with Gasteiger partial charge in [-0.3, -0.25) is 4.90 Å². The van der Waals surface area contributed by atoms with Gasteiger partial charge in [0.2, 0.25) is 0 Å². The zero-order chi connectivity index (χ0) is 11.9. The first-order chi connectivity index (χ1) is 8.23. The van der Waals surface area contributed by atoms with Crippen LogP contribution in [0.25, 0.3) is 0 Å². The summed E-state index contributed by atoms with van der Waals surface area (Å²) in [7, 11) is 1.77. The van der Waals surface area contributed by atoms with Gasteiger partial charge in [0.05, 0.1) is 6.61 Å². The zero-order valence-electron chi connectivity index (χ0n) is 10.4. The van der Waals surface area contributed by atoms with Crippen molar-refractivity contribution >= 4 is 5.69 Å². The van der Waals surface area contributed by atoms with E-state index in [4.69, 9.17) is 10.5 Å². The van der Waals surface area contributed by atoms with Gasteiger partial charge < -0.3 is 10.5 Å². The zero-order valence-corrected chi connectivity index (χ0v) is 10.4. The molecule has 1 aliphatic carbocycles. The number of hydrogen-bond acceptors (Lipinski definition) is 3. The van der Waals surface area contributed by atoms with Crippen molar-refractivity contribution in [1.29, 1.82) is 0 Å². The van der Waals surface area contributed by atoms with Crippen LogP contribution in [0.15, 0.2) is 18.2 Å². The molecule has 1 aromatic carbocycles. The smallest absolute Gasteiger partial charge is 0.0589 e. The Labute approximate surface area is 103 Å². The average Bonchev–Trinajstić information content (AvgIpc) is 3.06. The molecular weight excluding hydrogens is 212 g/mol. The quantitative estimate of drug-likeness (QED) is 0.807. The van der Waals surface area contributed by atoms with Crippen molar-refractivity contribution in [1.82, 2.24) is 4.90 Å². The molecule has 92 valence electrons. The minimum atomic E-state index is 0.440. The molecule has 2 aliphatic rings. The van der Waals surface area contributed by atoms with Crippen molar-refractivity contribution in [2.24, 2.45) is 0 Å². The first kappa shape index (κ1) is 11.1. The van der Waals surface area contributed by atoms with Crippen molar-refractivity contribution in [3.63, 3.8) is 0 Å². The summed E-state index contributed by atoms with van der Waals surface area (Å²) in [5.41, 5.74) is 10.2. The highest BCUT2D eigenvalue weighted by Gasteiger charge is 2.48. The van der Waals surface area contributed by atoms with Gasteiger partial charge in [-0.05, 0) is 36.1 Å². The fourth-order valence-electron chi connectivity index (χ4n) is 3.03. The van der Waals surface area contributed by atoms with Gasteiger partial charge in [0.15, 0.2) is 0 Å². The second-order valence-corrected chi connectivity index (χ2v) is 5.40. The van der Waals surface area contributed by atoms with Gasteiger partial charge in [0.1, 0.15) is 0 Å². The third kappa shape index (κ3) is 1.94. The van der Waals surface area contributed by atoms with Crippen LogP contribution in [-0.4, -0.2) is 31.7 Å². The van der Waals surface area contributed by atoms with Gasteiger partial charge in [-0.1, -0.05) is 6.07 Å². The summed E-state index contributed by atoms with van der Waals surface area (Å²) < 4.78 is 5.18. The van der Waals surface area contributed by atoms with Crippen LogP contribution in [0.4, 0.5) is 5.69 Å². The van der Waals surface area contributed by atoms with Gasteiger partial charge in [-0.25, -0.2) is 0 Å². The van der Waals surface area contributed by atoms with Crippen LogP contribution in [0.3, 0.4) is 0 Å². The Morgan fingerprint density at radius 1 is 1.41 bits per heavy atom. The van der Waals surface area contributed by atoms with E-state index >= 15 is 0 Å². The normalized spacial score (nSPS) is 21.5. The van der Waals surface area contributed by atoms with Crippen molar-refractivity contribution in [2.45, 2.75) is 24.8 Å². The second kappa shape index (κ2) is 4.00. The lowest BCUT2D eigenvalue weighted by Crippen LogP contribution is -2.39. The SMILES string of the molecule is COCCN1Cc2cc(N)ccc2C2(CC2)C1. The molecule has 0 amide bonds. The minimum absolute atomic E-state index is 0.440. The van der Waals surface area contributed by atoms with E-state index in [0.29, 0.717) is 5.41 Å². The third-order valence-corrected chi connectivity index (χ3v) is 4.09. The van der Waals surface area contributed by atoms with Gasteiger partial charge >= 0.3 is 0 Å². The molecule has 0 aromatic heterocycles. The monoisotopic (exact) mass is 232 g/mol. The maximum atomic E-state index is 5.89. The lowest BCUT2D eigenvalue weighted by atomic mass is 9.86. The first-order valence-corrected chi connectivity index (χ1v) is 6.34. The van der Waals surface area contributed by atoms with Crippen LogP contribution in [-0.2, 0) is 16.7 Å². The number of hydrogen-bond donors (Lipinski definition) is 1. The number of nitrogens with zero attached hydrogens (tertiary/aromatic N) is 1. The maximum Gasteiger partial charge on any atom is 0.0589 e. The standard InChI is InChI=1S/C14H20N2O/c1-17-7-6-16-9-11-8-12(15)2-3-13(11)14(10-16)4-5-14/h2-3,8H,4-7,9-10,15H2,1H3. The highest BCUT2D eigenvalue weighted by molar-refractivity contribution is 5.50. The molecule has 3 rings (SSSR count). The molecule has 0 saturated heterocycles. The molecule has 0 radical (unpaired) electrons. The number of rotatable bonds is 3. The van der Waals surface area contributed by atoms with Crippen LogP contribution < -0.4 is 5.73 Å². The first-order valence-electron chi connectivity index (χ1n) is 6.34. The Hall–Kier alpha value is -1.06. The Kier molecular flexibility index (Phi) is 2.60. The second-order valence-electron chi connectivity index (χ2n) is 5.40. The predicted molar refractivity (Wildman–Crippen MR) is 68.9 cm³/mol. The number of nitrogen functional groups attached to an aromatic ring is 1. The van der Waals surface area contributed by atoms with Crippen LogP contribution in [0.2, 0.25) is 0 Å². The lowest BCUT2D eigenvalue weighted by Gasteiger charge is -2.35. The number of ether oxygens (including phenoxy) is 1. The molecule has 1 fully saturated rings. The van der Waals surface area contributed by atoms with E-state index in [2.05, 4.69) is 17.0 Å². The van der Waals surface area contributed by atoms with Crippen molar-refractivity contribution < 1.29 is 4.74 Å². The number of nitrogens with two attached hydrogens (primary N) is 1. The van der Waals surface area contributed by atoms with Crippen LogP contribution in [0.5, 0.6) is 0 Å². The summed E-state index contributed by atoms with van der Waals surface area (Å²) in [4.78, 5) is 2.50. The molecule has 1 aromatic rings. The third-order valence-electron chi connectivity index (χ3n) is 4.09. The molecule has 0 unspecified atom stereocenters. The summed E-state index contributed by atoms with van der Waals surface area (Å²) in [6, 6.07) is 6.43. The number of fused-ring (bicyclic) bond motifs is 2. The van der Waals surface area contributed by atoms with Crippen molar-refractivity contribution in [2.75, 3.05) is 32.5 Å². The Bertz CT molecular complexity index is 426. The number of anilines is 1. The molecule has 1 heterocycles. The van der Waals surface area contributed by atoms with E-state index < -0.39 is 0 Å². The average molecular weight is 232 g/mol. The van der Waals surface area contributed by atoms with Crippen LogP contribution >= 0.6 is 0 Å². The van der Waals surface area contributed by atoms with Gasteiger partial charge in [0, 0.05) is 37.8 Å². The topological polar surface area (TPSA) is 38.5 Å². The summed E-state index contributed by atoms with van der Waals surface area (Å²) in [6.45, 7) is 4.04. The lowest BCUT2D eigenvalue weighted by molar-refractivity contribution is 0.131. The maximum absolute atomic E-state index is 5.89. The molecule has 0 atom stereocenters. The van der Waals surface area contributed by atoms with Crippen molar-refractivity contribution in [3.05, 3.63) is 29.3 Å². The molecule has 1 saturated carbocycles. The summed E-state index contributed by atoms with van der Waals surface area (Å²) in [5.74, 6) is 0. The van der Waals surface area contributed by atoms with E-state index in [1.54, 1.807) is 12.7 Å². The highest BCUT2D eigenvalue weighted by Crippen LogP contribution is 2.52. The van der Waals surface area contributed by atoms with E-state index in [-0.39, 0.29) is 0 Å². The molecule has 17 heavy (non-hydrogen) atoms. The minimum Gasteiger partial charge on any atom is -0.399 e. The van der Waals surface area contributed by atoms with E-state index in [0.717, 1.165) is 25.4 Å². The fraction of sp³-hybridized carbons (Fsp3) is 0.571. The van der Waals surface area contributed by atoms with E-state index in [9.17, 15) is 0 Å². The Balaban J connectivity index is 1.87. The van der Waals surface area contributed by atoms with Gasteiger partial charge in [-0.2, -0.15) is 0 Å². The largest absolute Gasteiger partial charge is 0.399 e. The molecule has 1 spiro atoms. The van der Waals surface area contributed by atoms with E-state index in [1.165, 1.54) is 24.9 Å². The molecule has 0 bridgehead atoms. The molecule has 1 aliphatic heterocycles. The molecular formula is C14H20N2O. The molecule has 3 heteroatoms. The molecule has 3 nitrogen and oxygen atoms in total. The predicted octanol–water partition coefficient (Wildman–Crippen LogP) is 1.76. The van der Waals surface area contributed by atoms with Crippen LogP contribution in [0.1, 0.15) is 24.0 Å². The number of benzene rings is 1. The molecule has 2 N–H and O–H groups in total. The van der Waals surface area contributed by atoms with Gasteiger partial charge in [-0.15, -0.1) is 0 Å². The summed E-state index contributed by atoms with van der Waals surface area (Å²) >= 11 is 0. The highest BCUT2D eigenvalue weighted by atomic mass is 16.5.